The third-order valence-electron chi connectivity index (χ3n) is 3.33. The number of ether oxygens (including phenoxy) is 1. The van der Waals surface area contributed by atoms with E-state index in [9.17, 15) is 0 Å². The van der Waals surface area contributed by atoms with Crippen molar-refractivity contribution < 1.29 is 4.74 Å². The highest BCUT2D eigenvalue weighted by molar-refractivity contribution is 6.31. The van der Waals surface area contributed by atoms with Crippen LogP contribution in [-0.4, -0.2) is 36.3 Å². The maximum Gasteiger partial charge on any atom is 0.129 e. The van der Waals surface area contributed by atoms with Crippen molar-refractivity contribution in [3.05, 3.63) is 22.8 Å². The van der Waals surface area contributed by atoms with Crippen LogP contribution < -0.4 is 10.2 Å². The average molecular weight is 298 g/mol. The topological polar surface area (TPSA) is 37.4 Å². The number of morpholine rings is 1. The molecular weight excluding hydrogens is 274 g/mol. The van der Waals surface area contributed by atoms with Gasteiger partial charge in [0, 0.05) is 25.7 Å². The first-order valence-electron chi connectivity index (χ1n) is 7.25. The smallest absolute Gasteiger partial charge is 0.129 e. The van der Waals surface area contributed by atoms with Crippen LogP contribution in [0.25, 0.3) is 0 Å². The first-order valence-corrected chi connectivity index (χ1v) is 7.62. The summed E-state index contributed by atoms with van der Waals surface area (Å²) in [5, 5.41) is 4.08. The highest BCUT2D eigenvalue weighted by Gasteiger charge is 2.23. The van der Waals surface area contributed by atoms with E-state index in [0.29, 0.717) is 12.6 Å². The second kappa shape index (κ2) is 6.74. The molecule has 0 amide bonds. The summed E-state index contributed by atoms with van der Waals surface area (Å²) >= 11 is 6.23. The van der Waals surface area contributed by atoms with Crippen LogP contribution in [0.3, 0.4) is 0 Å². The van der Waals surface area contributed by atoms with Gasteiger partial charge in [-0.15, -0.1) is 0 Å². The highest BCUT2D eigenvalue weighted by Crippen LogP contribution is 2.22. The number of aromatic nitrogens is 1. The van der Waals surface area contributed by atoms with Gasteiger partial charge in [-0.2, -0.15) is 0 Å². The van der Waals surface area contributed by atoms with E-state index >= 15 is 0 Å². The lowest BCUT2D eigenvalue weighted by Gasteiger charge is -2.36. The Hall–Kier alpha value is -0.840. The van der Waals surface area contributed by atoms with Crippen molar-refractivity contribution in [2.45, 2.75) is 52.5 Å². The number of halogens is 1. The average Bonchev–Trinajstić information content (AvgIpc) is 2.36. The number of nitrogens with zero attached hydrogens (tertiary/aromatic N) is 2. The number of nitrogens with one attached hydrogen (secondary N) is 1. The summed E-state index contributed by atoms with van der Waals surface area (Å²) in [7, 11) is 0. The highest BCUT2D eigenvalue weighted by atomic mass is 35.5. The van der Waals surface area contributed by atoms with Gasteiger partial charge in [0.2, 0.25) is 0 Å². The molecule has 0 aromatic carbocycles. The van der Waals surface area contributed by atoms with Crippen LogP contribution in [0.15, 0.2) is 12.1 Å². The van der Waals surface area contributed by atoms with Gasteiger partial charge < -0.3 is 15.0 Å². The van der Waals surface area contributed by atoms with Gasteiger partial charge in [-0.1, -0.05) is 25.4 Å². The Labute approximate surface area is 126 Å². The molecule has 2 unspecified atom stereocenters. The van der Waals surface area contributed by atoms with Crippen LogP contribution in [0.1, 0.15) is 33.4 Å². The molecular formula is C15H24ClN3O. The van der Waals surface area contributed by atoms with Crippen molar-refractivity contribution in [3.8, 4) is 0 Å². The van der Waals surface area contributed by atoms with Gasteiger partial charge in [0.1, 0.15) is 5.82 Å². The molecule has 0 aliphatic carbocycles. The van der Waals surface area contributed by atoms with Crippen LogP contribution in [-0.2, 0) is 11.3 Å². The molecule has 20 heavy (non-hydrogen) atoms. The van der Waals surface area contributed by atoms with Crippen LogP contribution in [0, 0.1) is 0 Å². The lowest BCUT2D eigenvalue weighted by atomic mass is 10.2. The zero-order valence-corrected chi connectivity index (χ0v) is 13.4. The molecule has 1 fully saturated rings. The van der Waals surface area contributed by atoms with E-state index in [0.717, 1.165) is 29.6 Å². The Bertz CT molecular complexity index is 443. The largest absolute Gasteiger partial charge is 0.372 e. The van der Waals surface area contributed by atoms with Crippen LogP contribution in [0.5, 0.6) is 0 Å². The fourth-order valence-electron chi connectivity index (χ4n) is 2.44. The molecule has 2 rings (SSSR count). The van der Waals surface area contributed by atoms with E-state index in [4.69, 9.17) is 21.3 Å². The maximum absolute atomic E-state index is 6.23. The number of hydrogen-bond donors (Lipinski definition) is 1. The molecule has 1 aliphatic heterocycles. The Morgan fingerprint density at radius 1 is 1.35 bits per heavy atom. The van der Waals surface area contributed by atoms with E-state index in [1.54, 1.807) is 0 Å². The Morgan fingerprint density at radius 2 is 2.00 bits per heavy atom. The number of rotatable bonds is 4. The minimum Gasteiger partial charge on any atom is -0.372 e. The molecule has 5 heteroatoms. The fourth-order valence-corrected chi connectivity index (χ4v) is 2.61. The van der Waals surface area contributed by atoms with Crippen LogP contribution in [0.4, 0.5) is 5.82 Å². The molecule has 0 bridgehead atoms. The second-order valence-corrected chi connectivity index (χ2v) is 6.20. The first kappa shape index (κ1) is 15.5. The molecule has 1 aromatic rings. The molecule has 0 radical (unpaired) electrons. The zero-order valence-electron chi connectivity index (χ0n) is 12.7. The number of pyridine rings is 1. The standard InChI is InChI=1S/C15H24ClN3O/c1-10(2)17-7-14-13(16)5-6-15(18-14)19-8-11(3)20-12(4)9-19/h5-6,10-12,17H,7-9H2,1-4H3. The summed E-state index contributed by atoms with van der Waals surface area (Å²) in [6, 6.07) is 4.35. The minimum absolute atomic E-state index is 0.230. The number of anilines is 1. The summed E-state index contributed by atoms with van der Waals surface area (Å²) in [5.41, 5.74) is 0.907. The Balaban J connectivity index is 2.13. The molecule has 1 saturated heterocycles. The van der Waals surface area contributed by atoms with Crippen LogP contribution >= 0.6 is 11.6 Å². The first-order chi connectivity index (χ1) is 9.45. The van der Waals surface area contributed by atoms with Gasteiger partial charge in [-0.25, -0.2) is 4.98 Å². The number of hydrogen-bond acceptors (Lipinski definition) is 4. The lowest BCUT2D eigenvalue weighted by molar-refractivity contribution is -0.00546. The fraction of sp³-hybridized carbons (Fsp3) is 0.667. The van der Waals surface area contributed by atoms with E-state index in [-0.39, 0.29) is 12.2 Å². The van der Waals surface area contributed by atoms with Crippen molar-refractivity contribution in [2.75, 3.05) is 18.0 Å². The van der Waals surface area contributed by atoms with Crippen molar-refractivity contribution in [3.63, 3.8) is 0 Å². The van der Waals surface area contributed by atoms with Crippen molar-refractivity contribution in [1.82, 2.24) is 10.3 Å². The zero-order chi connectivity index (χ0) is 14.7. The summed E-state index contributed by atoms with van der Waals surface area (Å²) < 4.78 is 5.76. The Kier molecular flexibility index (Phi) is 5.24. The summed E-state index contributed by atoms with van der Waals surface area (Å²) in [4.78, 5) is 6.98. The molecule has 2 heterocycles. The van der Waals surface area contributed by atoms with Crippen molar-refractivity contribution in [2.24, 2.45) is 0 Å². The molecule has 2 atom stereocenters. The van der Waals surface area contributed by atoms with Gasteiger partial charge >= 0.3 is 0 Å². The minimum atomic E-state index is 0.230. The SMILES string of the molecule is CC(C)NCc1nc(N2CC(C)OC(C)C2)ccc1Cl. The third-order valence-corrected chi connectivity index (χ3v) is 3.67. The van der Waals surface area contributed by atoms with Crippen molar-refractivity contribution >= 4 is 17.4 Å². The van der Waals surface area contributed by atoms with Gasteiger partial charge in [-0.3, -0.25) is 0 Å². The lowest BCUT2D eigenvalue weighted by Crippen LogP contribution is -2.45. The van der Waals surface area contributed by atoms with E-state index in [2.05, 4.69) is 37.9 Å². The predicted octanol–water partition coefficient (Wildman–Crippen LogP) is 2.85. The van der Waals surface area contributed by atoms with Crippen LogP contribution in [0.2, 0.25) is 5.02 Å². The molecule has 1 aromatic heterocycles. The quantitative estimate of drug-likeness (QED) is 0.927. The molecule has 0 spiro atoms. The molecule has 0 saturated carbocycles. The molecule has 1 N–H and O–H groups in total. The van der Waals surface area contributed by atoms with Crippen molar-refractivity contribution in [1.29, 1.82) is 0 Å². The molecule has 4 nitrogen and oxygen atoms in total. The monoisotopic (exact) mass is 297 g/mol. The third kappa shape index (κ3) is 4.08. The second-order valence-electron chi connectivity index (χ2n) is 5.80. The molecule has 1 aliphatic rings. The summed E-state index contributed by atoms with van der Waals surface area (Å²) in [6.07, 6.45) is 0.460. The van der Waals surface area contributed by atoms with E-state index in [1.165, 1.54) is 0 Å². The Morgan fingerprint density at radius 3 is 2.60 bits per heavy atom. The van der Waals surface area contributed by atoms with Gasteiger partial charge in [0.15, 0.2) is 0 Å². The van der Waals surface area contributed by atoms with Gasteiger partial charge in [0.05, 0.1) is 22.9 Å². The predicted molar refractivity (Wildman–Crippen MR) is 83.4 cm³/mol. The molecule has 112 valence electrons. The van der Waals surface area contributed by atoms with Gasteiger partial charge in [-0.05, 0) is 26.0 Å². The van der Waals surface area contributed by atoms with E-state index < -0.39 is 0 Å². The normalized spacial score (nSPS) is 23.4. The van der Waals surface area contributed by atoms with Gasteiger partial charge in [0.25, 0.3) is 0 Å². The maximum atomic E-state index is 6.23. The van der Waals surface area contributed by atoms with E-state index in [1.807, 2.05) is 12.1 Å². The summed E-state index contributed by atoms with van der Waals surface area (Å²) in [6.45, 7) is 10.9. The summed E-state index contributed by atoms with van der Waals surface area (Å²) in [5.74, 6) is 0.983.